The fourth-order valence-electron chi connectivity index (χ4n) is 2.56. The summed E-state index contributed by atoms with van der Waals surface area (Å²) in [6, 6.07) is 15.4. The SMILES string of the molecule is CCCOCc1cc(C(=O)N[C@@H](C)c2ccccc2)ccc1OCC. The Labute approximate surface area is 150 Å². The highest BCUT2D eigenvalue weighted by Crippen LogP contribution is 2.22. The van der Waals surface area contributed by atoms with Crippen LogP contribution in [0.2, 0.25) is 0 Å². The smallest absolute Gasteiger partial charge is 0.251 e. The molecule has 0 fully saturated rings. The third-order valence-corrected chi connectivity index (χ3v) is 3.88. The molecule has 4 heteroatoms. The Balaban J connectivity index is 2.11. The van der Waals surface area contributed by atoms with Gasteiger partial charge in [-0.1, -0.05) is 37.3 Å². The van der Waals surface area contributed by atoms with Crippen molar-refractivity contribution in [3.8, 4) is 5.75 Å². The zero-order chi connectivity index (χ0) is 18.1. The highest BCUT2D eigenvalue weighted by Gasteiger charge is 2.14. The van der Waals surface area contributed by atoms with Crippen molar-refractivity contribution in [1.29, 1.82) is 0 Å². The maximum atomic E-state index is 12.6. The van der Waals surface area contributed by atoms with E-state index in [0.29, 0.717) is 25.4 Å². The summed E-state index contributed by atoms with van der Waals surface area (Å²) in [7, 11) is 0. The van der Waals surface area contributed by atoms with Crippen LogP contribution in [0.3, 0.4) is 0 Å². The van der Waals surface area contributed by atoms with E-state index in [9.17, 15) is 4.79 Å². The molecule has 2 aromatic rings. The van der Waals surface area contributed by atoms with E-state index in [-0.39, 0.29) is 11.9 Å². The van der Waals surface area contributed by atoms with Crippen LogP contribution >= 0.6 is 0 Å². The van der Waals surface area contributed by atoms with Gasteiger partial charge in [0.1, 0.15) is 5.75 Å². The lowest BCUT2D eigenvalue weighted by Gasteiger charge is -2.16. The summed E-state index contributed by atoms with van der Waals surface area (Å²) in [5, 5.41) is 3.04. The van der Waals surface area contributed by atoms with Gasteiger partial charge in [-0.3, -0.25) is 4.79 Å². The number of rotatable bonds is 9. The van der Waals surface area contributed by atoms with Crippen molar-refractivity contribution in [3.05, 3.63) is 65.2 Å². The van der Waals surface area contributed by atoms with Crippen molar-refractivity contribution in [1.82, 2.24) is 5.32 Å². The normalized spacial score (nSPS) is 11.8. The Morgan fingerprint density at radius 3 is 2.56 bits per heavy atom. The predicted molar refractivity (Wildman–Crippen MR) is 99.9 cm³/mol. The van der Waals surface area contributed by atoms with Crippen LogP contribution in [0.1, 0.15) is 54.7 Å². The zero-order valence-electron chi connectivity index (χ0n) is 15.2. The van der Waals surface area contributed by atoms with Crippen LogP contribution in [0.5, 0.6) is 5.75 Å². The van der Waals surface area contributed by atoms with Crippen molar-refractivity contribution in [3.63, 3.8) is 0 Å². The molecule has 0 unspecified atom stereocenters. The van der Waals surface area contributed by atoms with Gasteiger partial charge in [0.2, 0.25) is 0 Å². The number of benzene rings is 2. The summed E-state index contributed by atoms with van der Waals surface area (Å²) in [5.41, 5.74) is 2.59. The Morgan fingerprint density at radius 1 is 1.12 bits per heavy atom. The van der Waals surface area contributed by atoms with Crippen LogP contribution in [-0.4, -0.2) is 19.1 Å². The van der Waals surface area contributed by atoms with Gasteiger partial charge < -0.3 is 14.8 Å². The first-order valence-electron chi connectivity index (χ1n) is 8.85. The molecule has 0 saturated carbocycles. The standard InChI is InChI=1S/C21H27NO3/c1-4-13-24-15-19-14-18(11-12-20(19)25-5-2)21(23)22-16(3)17-9-7-6-8-10-17/h6-12,14,16H,4-5,13,15H2,1-3H3,(H,22,23)/t16-/m0/s1. The molecule has 0 saturated heterocycles. The van der Waals surface area contributed by atoms with Gasteiger partial charge in [-0.05, 0) is 44.0 Å². The van der Waals surface area contributed by atoms with Crippen molar-refractivity contribution >= 4 is 5.91 Å². The maximum absolute atomic E-state index is 12.6. The lowest BCUT2D eigenvalue weighted by molar-refractivity contribution is 0.0939. The molecule has 0 spiro atoms. The number of ether oxygens (including phenoxy) is 2. The van der Waals surface area contributed by atoms with E-state index in [1.807, 2.05) is 56.3 Å². The fraction of sp³-hybridized carbons (Fsp3) is 0.381. The number of amides is 1. The second kappa shape index (κ2) is 9.84. The monoisotopic (exact) mass is 341 g/mol. The topological polar surface area (TPSA) is 47.6 Å². The predicted octanol–water partition coefficient (Wildman–Crippen LogP) is 4.50. The van der Waals surface area contributed by atoms with E-state index in [1.165, 1.54) is 0 Å². The van der Waals surface area contributed by atoms with Crippen molar-refractivity contribution in [2.45, 2.75) is 39.8 Å². The molecule has 1 atom stereocenters. The van der Waals surface area contributed by atoms with Gasteiger partial charge in [0.25, 0.3) is 5.91 Å². The van der Waals surface area contributed by atoms with Crippen molar-refractivity contribution in [2.75, 3.05) is 13.2 Å². The van der Waals surface area contributed by atoms with Crippen LogP contribution in [0.4, 0.5) is 0 Å². The summed E-state index contributed by atoms with van der Waals surface area (Å²) >= 11 is 0. The summed E-state index contributed by atoms with van der Waals surface area (Å²) in [6.07, 6.45) is 0.957. The fourth-order valence-corrected chi connectivity index (χ4v) is 2.56. The van der Waals surface area contributed by atoms with Gasteiger partial charge in [0, 0.05) is 17.7 Å². The van der Waals surface area contributed by atoms with Gasteiger partial charge in [-0.15, -0.1) is 0 Å². The second-order valence-electron chi connectivity index (χ2n) is 5.91. The third-order valence-electron chi connectivity index (χ3n) is 3.88. The molecule has 0 bridgehead atoms. The summed E-state index contributed by atoms with van der Waals surface area (Å²) < 4.78 is 11.3. The lowest BCUT2D eigenvalue weighted by atomic mass is 10.1. The van der Waals surface area contributed by atoms with Crippen LogP contribution < -0.4 is 10.1 Å². The maximum Gasteiger partial charge on any atom is 0.251 e. The molecule has 0 aliphatic carbocycles. The second-order valence-corrected chi connectivity index (χ2v) is 5.91. The molecule has 1 amide bonds. The van der Waals surface area contributed by atoms with Crippen LogP contribution in [0, 0.1) is 0 Å². The Bertz CT molecular complexity index is 670. The molecular weight excluding hydrogens is 314 g/mol. The first-order valence-corrected chi connectivity index (χ1v) is 8.85. The van der Waals surface area contributed by atoms with E-state index in [1.54, 1.807) is 6.07 Å². The summed E-state index contributed by atoms with van der Waals surface area (Å²) in [5.74, 6) is 0.669. The van der Waals surface area contributed by atoms with Gasteiger partial charge in [-0.25, -0.2) is 0 Å². The van der Waals surface area contributed by atoms with Gasteiger partial charge in [0.05, 0.1) is 19.3 Å². The molecule has 0 radical (unpaired) electrons. The minimum atomic E-state index is -0.101. The average Bonchev–Trinajstić information content (AvgIpc) is 2.64. The highest BCUT2D eigenvalue weighted by molar-refractivity contribution is 5.94. The van der Waals surface area contributed by atoms with Crippen LogP contribution in [-0.2, 0) is 11.3 Å². The quantitative estimate of drug-likeness (QED) is 0.683. The van der Waals surface area contributed by atoms with E-state index >= 15 is 0 Å². The van der Waals surface area contributed by atoms with Crippen molar-refractivity contribution in [2.24, 2.45) is 0 Å². The molecule has 0 aliphatic rings. The molecule has 0 aromatic heterocycles. The zero-order valence-corrected chi connectivity index (χ0v) is 15.2. The summed E-state index contributed by atoms with van der Waals surface area (Å²) in [4.78, 5) is 12.6. The average molecular weight is 341 g/mol. The van der Waals surface area contributed by atoms with Crippen LogP contribution in [0.15, 0.2) is 48.5 Å². The van der Waals surface area contributed by atoms with E-state index in [2.05, 4.69) is 12.2 Å². The third kappa shape index (κ3) is 5.61. The summed E-state index contributed by atoms with van der Waals surface area (Å²) in [6.45, 7) is 7.70. The number of nitrogens with one attached hydrogen (secondary N) is 1. The number of hydrogen-bond acceptors (Lipinski definition) is 3. The number of carbonyl (C=O) groups excluding carboxylic acids is 1. The highest BCUT2D eigenvalue weighted by atomic mass is 16.5. The molecule has 0 heterocycles. The van der Waals surface area contributed by atoms with Gasteiger partial charge in [-0.2, -0.15) is 0 Å². The van der Waals surface area contributed by atoms with E-state index in [4.69, 9.17) is 9.47 Å². The molecule has 2 rings (SSSR count). The molecule has 25 heavy (non-hydrogen) atoms. The first-order chi connectivity index (χ1) is 12.2. The lowest BCUT2D eigenvalue weighted by Crippen LogP contribution is -2.26. The van der Waals surface area contributed by atoms with Crippen LogP contribution in [0.25, 0.3) is 0 Å². The molecule has 134 valence electrons. The molecule has 1 N–H and O–H groups in total. The minimum absolute atomic E-state index is 0.0555. The molecule has 4 nitrogen and oxygen atoms in total. The van der Waals surface area contributed by atoms with Gasteiger partial charge in [0.15, 0.2) is 0 Å². The largest absolute Gasteiger partial charge is 0.494 e. The molecular formula is C21H27NO3. The number of carbonyl (C=O) groups is 1. The first kappa shape index (κ1) is 19.0. The minimum Gasteiger partial charge on any atom is -0.494 e. The van der Waals surface area contributed by atoms with Crippen molar-refractivity contribution < 1.29 is 14.3 Å². The van der Waals surface area contributed by atoms with Gasteiger partial charge >= 0.3 is 0 Å². The molecule has 0 aliphatic heterocycles. The number of hydrogen-bond donors (Lipinski definition) is 1. The van der Waals surface area contributed by atoms with E-state index < -0.39 is 0 Å². The Kier molecular flexibility index (Phi) is 7.48. The van der Waals surface area contributed by atoms with E-state index in [0.717, 1.165) is 23.3 Å². The Hall–Kier alpha value is -2.33. The molecule has 2 aromatic carbocycles. The Morgan fingerprint density at radius 2 is 1.88 bits per heavy atom.